The Morgan fingerprint density at radius 1 is 1.12 bits per heavy atom. The maximum atomic E-state index is 13.6. The summed E-state index contributed by atoms with van der Waals surface area (Å²) in [4.78, 5) is 45.6. The lowest BCUT2D eigenvalue weighted by Gasteiger charge is -2.34. The Bertz CT molecular complexity index is 1200. The van der Waals surface area contributed by atoms with Gasteiger partial charge in [0.15, 0.2) is 4.96 Å². The number of carbonyl (C=O) groups is 2. The molecule has 32 heavy (non-hydrogen) atoms. The van der Waals surface area contributed by atoms with Crippen LogP contribution in [0.3, 0.4) is 0 Å². The minimum atomic E-state index is -0.944. The van der Waals surface area contributed by atoms with Crippen molar-refractivity contribution in [2.45, 2.75) is 13.0 Å². The molecule has 0 bridgehead atoms. The van der Waals surface area contributed by atoms with Crippen LogP contribution < -0.4 is 10.9 Å². The summed E-state index contributed by atoms with van der Waals surface area (Å²) in [5, 5.41) is 4.31. The number of rotatable bonds is 6. The molecule has 4 rings (SSSR count). The molecule has 0 unspecified atom stereocenters. The van der Waals surface area contributed by atoms with E-state index in [1.165, 1.54) is 21.8 Å². The third-order valence-corrected chi connectivity index (χ3v) is 6.02. The van der Waals surface area contributed by atoms with Crippen molar-refractivity contribution in [1.29, 1.82) is 0 Å². The van der Waals surface area contributed by atoms with Crippen molar-refractivity contribution in [1.82, 2.24) is 24.5 Å². The van der Waals surface area contributed by atoms with Crippen LogP contribution in [0.15, 0.2) is 40.6 Å². The molecule has 0 atom stereocenters. The Hall–Kier alpha value is -3.18. The highest BCUT2D eigenvalue weighted by Gasteiger charge is 2.22. The first-order valence-electron chi connectivity index (χ1n) is 10.1. The summed E-state index contributed by atoms with van der Waals surface area (Å²) in [6, 6.07) is 4.25. The Kier molecular flexibility index (Phi) is 6.56. The molecule has 1 fully saturated rings. The summed E-state index contributed by atoms with van der Waals surface area (Å²) in [5.41, 5.74) is 0.331. The van der Waals surface area contributed by atoms with E-state index in [4.69, 9.17) is 0 Å². The first-order chi connectivity index (χ1) is 15.4. The number of thiazole rings is 1. The van der Waals surface area contributed by atoms with E-state index in [9.17, 15) is 23.2 Å². The predicted molar refractivity (Wildman–Crippen MR) is 115 cm³/mol. The zero-order chi connectivity index (χ0) is 22.7. The van der Waals surface area contributed by atoms with Crippen molar-refractivity contribution in [2.24, 2.45) is 0 Å². The van der Waals surface area contributed by atoms with Gasteiger partial charge in [0.1, 0.15) is 11.6 Å². The van der Waals surface area contributed by atoms with Gasteiger partial charge in [0.05, 0.1) is 11.3 Å². The maximum absolute atomic E-state index is 13.6. The lowest BCUT2D eigenvalue weighted by Crippen LogP contribution is -2.49. The number of carbonyl (C=O) groups excluding carboxylic acids is 2. The van der Waals surface area contributed by atoms with Crippen LogP contribution in [-0.4, -0.2) is 63.7 Å². The second-order valence-corrected chi connectivity index (χ2v) is 8.30. The standard InChI is InChI=1S/C21H21F2N5O3S/c22-14-1-2-16(17(23)11-14)20(31)24-4-3-18(29)27-7-5-26(6-8-27)13-15-12-19(30)28-9-10-32-21(28)25-15/h1-2,9-12H,3-8,13H2,(H,24,31). The average Bonchev–Trinajstić information content (AvgIpc) is 3.23. The smallest absolute Gasteiger partial charge is 0.258 e. The molecular weight excluding hydrogens is 440 g/mol. The van der Waals surface area contributed by atoms with Gasteiger partial charge in [-0.1, -0.05) is 0 Å². The molecule has 3 aromatic rings. The number of halogens is 2. The van der Waals surface area contributed by atoms with E-state index in [2.05, 4.69) is 15.2 Å². The second-order valence-electron chi connectivity index (χ2n) is 7.43. The maximum Gasteiger partial charge on any atom is 0.258 e. The first kappa shape index (κ1) is 22.0. The van der Waals surface area contributed by atoms with Gasteiger partial charge in [-0.3, -0.25) is 23.7 Å². The van der Waals surface area contributed by atoms with Crippen LogP contribution in [0.4, 0.5) is 8.78 Å². The fourth-order valence-corrected chi connectivity index (χ4v) is 4.30. The lowest BCUT2D eigenvalue weighted by molar-refractivity contribution is -0.132. The minimum absolute atomic E-state index is 0.0589. The van der Waals surface area contributed by atoms with Crippen molar-refractivity contribution in [3.05, 3.63) is 69.1 Å². The van der Waals surface area contributed by atoms with Crippen LogP contribution in [0.5, 0.6) is 0 Å². The molecule has 0 aliphatic carbocycles. The number of hydrogen-bond donors (Lipinski definition) is 1. The summed E-state index contributed by atoms with van der Waals surface area (Å²) in [7, 11) is 0. The van der Waals surface area contributed by atoms with E-state index < -0.39 is 17.5 Å². The molecule has 2 aromatic heterocycles. The number of nitrogens with one attached hydrogen (secondary N) is 1. The summed E-state index contributed by atoms with van der Waals surface area (Å²) < 4.78 is 28.1. The molecule has 0 spiro atoms. The van der Waals surface area contributed by atoms with Gasteiger partial charge >= 0.3 is 0 Å². The van der Waals surface area contributed by atoms with E-state index in [0.29, 0.717) is 49.4 Å². The average molecular weight is 461 g/mol. The predicted octanol–water partition coefficient (Wildman–Crippen LogP) is 1.50. The molecule has 1 aliphatic rings. The van der Waals surface area contributed by atoms with Gasteiger partial charge in [-0.2, -0.15) is 0 Å². The van der Waals surface area contributed by atoms with E-state index in [1.54, 1.807) is 11.1 Å². The number of piperazine rings is 1. The third-order valence-electron chi connectivity index (χ3n) is 5.27. The van der Waals surface area contributed by atoms with Crippen molar-refractivity contribution in [2.75, 3.05) is 32.7 Å². The van der Waals surface area contributed by atoms with Gasteiger partial charge in [-0.05, 0) is 12.1 Å². The van der Waals surface area contributed by atoms with Gasteiger partial charge in [0, 0.05) is 69.4 Å². The number of fused-ring (bicyclic) bond motifs is 1. The molecule has 1 saturated heterocycles. The molecular formula is C21H21F2N5O3S. The zero-order valence-corrected chi connectivity index (χ0v) is 17.9. The summed E-state index contributed by atoms with van der Waals surface area (Å²) in [6.45, 7) is 2.93. The van der Waals surface area contributed by atoms with Crippen LogP contribution in [0.1, 0.15) is 22.5 Å². The van der Waals surface area contributed by atoms with E-state index in [0.717, 1.165) is 12.1 Å². The summed E-state index contributed by atoms with van der Waals surface area (Å²) >= 11 is 1.40. The van der Waals surface area contributed by atoms with Gasteiger partial charge in [0.25, 0.3) is 11.5 Å². The SMILES string of the molecule is O=C(NCCC(=O)N1CCN(Cc2cc(=O)n3ccsc3n2)CC1)c1ccc(F)cc1F. The second kappa shape index (κ2) is 9.53. The van der Waals surface area contributed by atoms with Crippen LogP contribution in [0, 0.1) is 11.6 Å². The van der Waals surface area contributed by atoms with E-state index >= 15 is 0 Å². The quantitative estimate of drug-likeness (QED) is 0.601. The Morgan fingerprint density at radius 2 is 1.91 bits per heavy atom. The molecule has 0 radical (unpaired) electrons. The van der Waals surface area contributed by atoms with Crippen LogP contribution in [-0.2, 0) is 11.3 Å². The molecule has 1 aromatic carbocycles. The molecule has 0 saturated carbocycles. The van der Waals surface area contributed by atoms with Crippen molar-refractivity contribution in [3.8, 4) is 0 Å². The fraction of sp³-hybridized carbons (Fsp3) is 0.333. The highest BCUT2D eigenvalue weighted by molar-refractivity contribution is 7.15. The first-order valence-corrected chi connectivity index (χ1v) is 11.0. The van der Waals surface area contributed by atoms with Gasteiger partial charge in [0.2, 0.25) is 5.91 Å². The van der Waals surface area contributed by atoms with E-state index in [1.807, 2.05) is 5.38 Å². The molecule has 1 N–H and O–H groups in total. The molecule has 1 aliphatic heterocycles. The van der Waals surface area contributed by atoms with E-state index in [-0.39, 0.29) is 30.0 Å². The highest BCUT2D eigenvalue weighted by atomic mass is 32.1. The Labute approximate surface area is 186 Å². The normalized spacial score (nSPS) is 14.6. The van der Waals surface area contributed by atoms with Gasteiger partial charge in [-0.15, -0.1) is 11.3 Å². The zero-order valence-electron chi connectivity index (χ0n) is 17.1. The highest BCUT2D eigenvalue weighted by Crippen LogP contribution is 2.11. The van der Waals surface area contributed by atoms with Crippen molar-refractivity contribution >= 4 is 28.1 Å². The minimum Gasteiger partial charge on any atom is -0.351 e. The molecule has 11 heteroatoms. The third kappa shape index (κ3) is 5.00. The number of nitrogens with zero attached hydrogens (tertiary/aromatic N) is 4. The largest absolute Gasteiger partial charge is 0.351 e. The van der Waals surface area contributed by atoms with Crippen molar-refractivity contribution in [3.63, 3.8) is 0 Å². The van der Waals surface area contributed by atoms with Gasteiger partial charge < -0.3 is 10.2 Å². The fourth-order valence-electron chi connectivity index (χ4n) is 3.56. The molecule has 8 nitrogen and oxygen atoms in total. The van der Waals surface area contributed by atoms with Gasteiger partial charge in [-0.25, -0.2) is 13.8 Å². The number of aromatic nitrogens is 2. The number of amides is 2. The van der Waals surface area contributed by atoms with Crippen LogP contribution >= 0.6 is 11.3 Å². The van der Waals surface area contributed by atoms with Crippen molar-refractivity contribution < 1.29 is 18.4 Å². The lowest BCUT2D eigenvalue weighted by atomic mass is 10.2. The van der Waals surface area contributed by atoms with Crippen LogP contribution in [0.2, 0.25) is 0 Å². The Balaban J connectivity index is 1.22. The Morgan fingerprint density at radius 3 is 2.66 bits per heavy atom. The molecule has 2 amide bonds. The topological polar surface area (TPSA) is 87.0 Å². The summed E-state index contributed by atoms with van der Waals surface area (Å²) in [6.07, 6.45) is 1.78. The molecule has 3 heterocycles. The number of benzene rings is 1. The summed E-state index contributed by atoms with van der Waals surface area (Å²) in [5.74, 6) is -2.50. The molecule has 168 valence electrons. The number of hydrogen-bond acceptors (Lipinski definition) is 6. The monoisotopic (exact) mass is 461 g/mol. The van der Waals surface area contributed by atoms with Crippen LogP contribution in [0.25, 0.3) is 4.96 Å².